The van der Waals surface area contributed by atoms with Gasteiger partial charge in [-0.25, -0.2) is 9.97 Å². The molecule has 380 valence electrons. The first-order chi connectivity index (χ1) is 35.5. The highest BCUT2D eigenvalue weighted by atomic mass is 32.1. The molecule has 2 unspecified atom stereocenters. The molecular weight excluding hydrogens is 915 g/mol. The van der Waals surface area contributed by atoms with Gasteiger partial charge in [-0.05, 0) is 123 Å². The molecule has 2 N–H and O–H groups in total. The first-order valence-corrected chi connectivity index (χ1v) is 27.7. The highest BCUT2D eigenvalue weighted by Crippen LogP contribution is 2.38. The first-order valence-electron chi connectivity index (χ1n) is 26.9. The lowest BCUT2D eigenvalue weighted by Gasteiger charge is -2.39. The lowest BCUT2D eigenvalue weighted by Crippen LogP contribution is -2.49. The minimum Gasteiger partial charge on any atom is -0.367 e. The number of rotatable bonds is 17. The van der Waals surface area contributed by atoms with E-state index in [1.54, 1.807) is 17.5 Å². The summed E-state index contributed by atoms with van der Waals surface area (Å²) in [6, 6.07) is 32.9. The number of hydrogen-bond donors (Lipinski definition) is 2. The van der Waals surface area contributed by atoms with Crippen LogP contribution in [0, 0.1) is 19.8 Å². The van der Waals surface area contributed by atoms with Crippen LogP contribution in [0.5, 0.6) is 0 Å². The summed E-state index contributed by atoms with van der Waals surface area (Å²) >= 11 is 1.65. The van der Waals surface area contributed by atoms with Gasteiger partial charge in [0, 0.05) is 86.2 Å². The highest BCUT2D eigenvalue weighted by molar-refractivity contribution is 7.22. The lowest BCUT2D eigenvalue weighted by molar-refractivity contribution is 0.175. The van der Waals surface area contributed by atoms with Gasteiger partial charge in [-0.2, -0.15) is 5.10 Å². The number of para-hydroxylation sites is 2. The Morgan fingerprint density at radius 1 is 0.822 bits per heavy atom. The number of benzene rings is 4. The summed E-state index contributed by atoms with van der Waals surface area (Å²) in [4.78, 5) is 17.4. The molecule has 0 bridgehead atoms. The van der Waals surface area contributed by atoms with Crippen LogP contribution >= 0.6 is 11.3 Å². The Balaban J connectivity index is 0.000000181. The number of allylic oxidation sites excluding steroid dienone is 1. The van der Waals surface area contributed by atoms with E-state index in [4.69, 9.17) is 15.1 Å². The van der Waals surface area contributed by atoms with E-state index in [1.807, 2.05) is 24.3 Å². The van der Waals surface area contributed by atoms with Gasteiger partial charge in [0.2, 0.25) is 0 Å². The molecule has 9 nitrogen and oxygen atoms in total. The summed E-state index contributed by atoms with van der Waals surface area (Å²) in [5.41, 5.74) is 16.1. The van der Waals surface area contributed by atoms with Crippen molar-refractivity contribution in [2.24, 2.45) is 13.0 Å². The molecule has 1 saturated carbocycles. The number of aromatic nitrogens is 4. The number of nitrogens with one attached hydrogen (secondary N) is 2. The molecule has 3 aliphatic rings. The standard InChI is InChI=1S/C33H30N4S.C30H47N5/c1-5-29-27(25-12-8-10-21(2)22(25)3)16-17-32(35-29)37-19-18-24-11-9-13-26(28(24)20-37)23(4)34-33-36-30-14-6-7-15-31(30)38-33;1-6-12-26(24(4)31-7-2)29-27-15-11-16-28(30(27)33(5)32-29)35-21-19-34(20-22-35)23(3)17-18-25-13-9-8-10-14-25/h5-17H,1,4,18-20H2,2-3H3,(H,34,36);7,11,15-16,23,25-26,31H,2,4,6,8-10,12-14,17-22H2,1,3,5H3. The molecule has 3 aromatic heterocycles. The van der Waals surface area contributed by atoms with E-state index in [0.29, 0.717) is 6.04 Å². The van der Waals surface area contributed by atoms with E-state index in [1.165, 1.54) is 89.4 Å². The van der Waals surface area contributed by atoms with Crippen LogP contribution in [0.25, 0.3) is 44.0 Å². The van der Waals surface area contributed by atoms with Crippen LogP contribution in [0.4, 0.5) is 16.6 Å². The van der Waals surface area contributed by atoms with Crippen LogP contribution in [0.3, 0.4) is 0 Å². The average molecular weight is 992 g/mol. The predicted octanol–water partition coefficient (Wildman–Crippen LogP) is 14.8. The third-order valence-electron chi connectivity index (χ3n) is 16.0. The molecule has 4 aromatic carbocycles. The van der Waals surface area contributed by atoms with Gasteiger partial charge < -0.3 is 20.4 Å². The SMILES string of the molecule is C=CNC(=C)C(CCC)c1nn(C)c2c(N3CCN(C(C)CCC4CCCCC4)CC3)cccc12.C=Cc1nc(N2CCc3cccc(C(=C)Nc4nc5ccccc5s4)c3C2)ccc1-c1cccc(C)c1C. The zero-order valence-electron chi connectivity index (χ0n) is 44.2. The maximum absolute atomic E-state index is 5.06. The van der Waals surface area contributed by atoms with Crippen molar-refractivity contribution in [3.05, 3.63) is 168 Å². The number of pyridine rings is 1. The summed E-state index contributed by atoms with van der Waals surface area (Å²) in [6.45, 7) is 31.7. The van der Waals surface area contributed by atoms with Crippen molar-refractivity contribution >= 4 is 60.9 Å². The molecule has 0 amide bonds. The summed E-state index contributed by atoms with van der Waals surface area (Å²) in [6.07, 6.45) is 16.7. The topological polar surface area (TPSA) is 77.4 Å². The van der Waals surface area contributed by atoms with Gasteiger partial charge in [0.1, 0.15) is 5.82 Å². The number of anilines is 3. The first kappa shape index (κ1) is 51.4. The molecule has 2 atom stereocenters. The van der Waals surface area contributed by atoms with Crippen molar-refractivity contribution in [1.29, 1.82) is 0 Å². The number of fused-ring (bicyclic) bond motifs is 3. The van der Waals surface area contributed by atoms with Gasteiger partial charge in [-0.15, -0.1) is 0 Å². The van der Waals surface area contributed by atoms with Crippen molar-refractivity contribution in [2.45, 2.75) is 110 Å². The Morgan fingerprint density at radius 3 is 2.37 bits per heavy atom. The molecule has 2 aliphatic heterocycles. The predicted molar refractivity (Wildman–Crippen MR) is 313 cm³/mol. The van der Waals surface area contributed by atoms with Gasteiger partial charge in [-0.1, -0.05) is 144 Å². The second kappa shape index (κ2) is 23.6. The maximum Gasteiger partial charge on any atom is 0.188 e. The normalized spacial score (nSPS) is 16.1. The zero-order chi connectivity index (χ0) is 51.0. The van der Waals surface area contributed by atoms with Crippen LogP contribution in [0.2, 0.25) is 0 Å². The van der Waals surface area contributed by atoms with E-state index in [0.717, 1.165) is 120 Å². The number of piperazine rings is 1. The van der Waals surface area contributed by atoms with Crippen molar-refractivity contribution in [2.75, 3.05) is 47.8 Å². The Morgan fingerprint density at radius 2 is 1.60 bits per heavy atom. The number of thiazole rings is 1. The second-order valence-electron chi connectivity index (χ2n) is 20.6. The van der Waals surface area contributed by atoms with E-state index in [-0.39, 0.29) is 5.92 Å². The molecule has 73 heavy (non-hydrogen) atoms. The zero-order valence-corrected chi connectivity index (χ0v) is 45.0. The monoisotopic (exact) mass is 992 g/mol. The molecule has 7 aromatic rings. The maximum atomic E-state index is 5.06. The number of hydrogen-bond acceptors (Lipinski definition) is 9. The molecule has 5 heterocycles. The largest absolute Gasteiger partial charge is 0.367 e. The van der Waals surface area contributed by atoms with Crippen molar-refractivity contribution in [3.8, 4) is 11.1 Å². The van der Waals surface area contributed by atoms with Crippen LogP contribution in [0.15, 0.2) is 129 Å². The molecule has 1 saturated heterocycles. The summed E-state index contributed by atoms with van der Waals surface area (Å²) < 4.78 is 3.25. The van der Waals surface area contributed by atoms with E-state index >= 15 is 0 Å². The second-order valence-corrected chi connectivity index (χ2v) is 21.6. The molecule has 0 radical (unpaired) electrons. The van der Waals surface area contributed by atoms with E-state index in [2.05, 4.69) is 164 Å². The highest BCUT2D eigenvalue weighted by Gasteiger charge is 2.28. The Bertz CT molecular complexity index is 3040. The minimum atomic E-state index is 0.179. The lowest BCUT2D eigenvalue weighted by atomic mass is 9.85. The van der Waals surface area contributed by atoms with Gasteiger partial charge in [0.25, 0.3) is 0 Å². The quantitative estimate of drug-likeness (QED) is 0.0934. The van der Waals surface area contributed by atoms with Crippen LogP contribution in [0.1, 0.15) is 117 Å². The number of aryl methyl sites for hydroxylation is 2. The minimum absolute atomic E-state index is 0.179. The summed E-state index contributed by atoms with van der Waals surface area (Å²) in [5, 5.41) is 13.8. The Kier molecular flexibility index (Phi) is 16.6. The molecule has 0 spiro atoms. The fraction of sp³-hybridized carbons (Fsp3) is 0.381. The van der Waals surface area contributed by atoms with Crippen molar-refractivity contribution in [3.63, 3.8) is 0 Å². The van der Waals surface area contributed by atoms with Crippen molar-refractivity contribution < 1.29 is 0 Å². The fourth-order valence-electron chi connectivity index (χ4n) is 11.6. The van der Waals surface area contributed by atoms with Crippen molar-refractivity contribution in [1.82, 2.24) is 30.0 Å². The van der Waals surface area contributed by atoms with Gasteiger partial charge in [0.15, 0.2) is 5.13 Å². The van der Waals surface area contributed by atoms with Gasteiger partial charge >= 0.3 is 0 Å². The molecule has 10 heteroatoms. The van der Waals surface area contributed by atoms with Crippen LogP contribution < -0.4 is 20.4 Å². The Labute approximate surface area is 439 Å². The molecule has 2 fully saturated rings. The molecule has 10 rings (SSSR count). The third kappa shape index (κ3) is 11.5. The molecule has 1 aliphatic carbocycles. The summed E-state index contributed by atoms with van der Waals surface area (Å²) in [7, 11) is 2.09. The molecular formula is C63H77N9S. The summed E-state index contributed by atoms with van der Waals surface area (Å²) in [5.74, 6) is 2.14. The van der Waals surface area contributed by atoms with E-state index in [9.17, 15) is 0 Å². The third-order valence-corrected chi connectivity index (χ3v) is 16.9. The van der Waals surface area contributed by atoms with Gasteiger partial charge in [-0.3, -0.25) is 9.58 Å². The Hall–Kier alpha value is -6.49. The van der Waals surface area contributed by atoms with Gasteiger partial charge in [0.05, 0.1) is 32.8 Å². The smallest absolute Gasteiger partial charge is 0.188 e. The van der Waals surface area contributed by atoms with Crippen LogP contribution in [-0.2, 0) is 20.0 Å². The van der Waals surface area contributed by atoms with Crippen LogP contribution in [-0.4, -0.2) is 63.4 Å². The number of nitrogens with zero attached hydrogens (tertiary/aromatic N) is 7. The van der Waals surface area contributed by atoms with E-state index < -0.39 is 0 Å². The average Bonchev–Trinajstić information content (AvgIpc) is 3.99. The fourth-order valence-corrected chi connectivity index (χ4v) is 12.5.